The molecule has 0 spiro atoms. The van der Waals surface area contributed by atoms with Crippen molar-refractivity contribution in [2.45, 2.75) is 19.4 Å². The molecule has 1 aromatic heterocycles. The van der Waals surface area contributed by atoms with Gasteiger partial charge in [-0.2, -0.15) is 0 Å². The molecular formula is C21H20N2O5. The zero-order valence-corrected chi connectivity index (χ0v) is 15.4. The van der Waals surface area contributed by atoms with E-state index >= 15 is 0 Å². The monoisotopic (exact) mass is 380 g/mol. The van der Waals surface area contributed by atoms with Crippen molar-refractivity contribution in [1.82, 2.24) is 9.88 Å². The molecule has 3 heterocycles. The number of ketones is 1. The summed E-state index contributed by atoms with van der Waals surface area (Å²) >= 11 is 0. The summed E-state index contributed by atoms with van der Waals surface area (Å²) in [6, 6.07) is 9.51. The van der Waals surface area contributed by atoms with Gasteiger partial charge in [0.25, 0.3) is 11.7 Å². The van der Waals surface area contributed by atoms with Crippen LogP contribution in [0.1, 0.15) is 30.6 Å². The van der Waals surface area contributed by atoms with Crippen LogP contribution in [0.3, 0.4) is 0 Å². The molecule has 4 rings (SSSR count). The van der Waals surface area contributed by atoms with Crippen LogP contribution < -0.4 is 9.47 Å². The maximum atomic E-state index is 12.8. The number of fused-ring (bicyclic) bond motifs is 1. The molecule has 0 saturated carbocycles. The normalized spacial score (nSPS) is 20.5. The quantitative estimate of drug-likeness (QED) is 0.498. The van der Waals surface area contributed by atoms with Gasteiger partial charge in [-0.1, -0.05) is 13.0 Å². The second-order valence-electron chi connectivity index (χ2n) is 6.61. The van der Waals surface area contributed by atoms with E-state index in [-0.39, 0.29) is 11.3 Å². The van der Waals surface area contributed by atoms with E-state index in [9.17, 15) is 14.7 Å². The molecule has 0 radical (unpaired) electrons. The summed E-state index contributed by atoms with van der Waals surface area (Å²) in [7, 11) is 0. The number of nitrogens with zero attached hydrogens (tertiary/aromatic N) is 2. The van der Waals surface area contributed by atoms with Gasteiger partial charge in [0.05, 0.1) is 11.3 Å². The molecule has 1 atom stereocenters. The fraction of sp³-hybridized carbons (Fsp3) is 0.286. The molecule has 144 valence electrons. The Morgan fingerprint density at radius 3 is 2.68 bits per heavy atom. The number of aromatic nitrogens is 1. The van der Waals surface area contributed by atoms with Crippen LogP contribution in [0.5, 0.6) is 11.5 Å². The van der Waals surface area contributed by atoms with Crippen molar-refractivity contribution in [2.24, 2.45) is 0 Å². The molecule has 2 aliphatic heterocycles. The number of aliphatic hydroxyl groups excluding tert-OH is 1. The molecule has 1 saturated heterocycles. The first-order chi connectivity index (χ1) is 13.6. The molecule has 1 fully saturated rings. The molecule has 1 aromatic carbocycles. The maximum Gasteiger partial charge on any atom is 0.295 e. The Morgan fingerprint density at radius 1 is 1.18 bits per heavy atom. The summed E-state index contributed by atoms with van der Waals surface area (Å²) in [6.07, 6.45) is 2.28. The van der Waals surface area contributed by atoms with Gasteiger partial charge >= 0.3 is 0 Å². The molecule has 2 aromatic rings. The number of Topliss-reactive ketones (excluding diaryl/α,β-unsaturated/α-hetero) is 1. The Balaban J connectivity index is 1.84. The van der Waals surface area contributed by atoms with E-state index in [2.05, 4.69) is 4.98 Å². The summed E-state index contributed by atoms with van der Waals surface area (Å²) in [5.74, 6) is -0.513. The molecule has 7 heteroatoms. The third-order valence-corrected chi connectivity index (χ3v) is 4.79. The summed E-state index contributed by atoms with van der Waals surface area (Å²) in [5.41, 5.74) is 0.961. The maximum absolute atomic E-state index is 12.8. The Labute approximate surface area is 162 Å². The fourth-order valence-electron chi connectivity index (χ4n) is 3.54. The van der Waals surface area contributed by atoms with Gasteiger partial charge < -0.3 is 19.5 Å². The van der Waals surface area contributed by atoms with Crippen LogP contribution in [0.2, 0.25) is 0 Å². The van der Waals surface area contributed by atoms with Gasteiger partial charge in [0.2, 0.25) is 0 Å². The summed E-state index contributed by atoms with van der Waals surface area (Å²) in [4.78, 5) is 31.2. The summed E-state index contributed by atoms with van der Waals surface area (Å²) < 4.78 is 11.1. The number of carbonyl (C=O) groups is 2. The number of ether oxygens (including phenoxy) is 2. The lowest BCUT2D eigenvalue weighted by Crippen LogP contribution is -2.30. The molecule has 7 nitrogen and oxygen atoms in total. The average molecular weight is 380 g/mol. The van der Waals surface area contributed by atoms with E-state index in [0.29, 0.717) is 48.9 Å². The van der Waals surface area contributed by atoms with Crippen molar-refractivity contribution in [3.05, 3.63) is 59.4 Å². The van der Waals surface area contributed by atoms with Crippen LogP contribution in [-0.2, 0) is 9.59 Å². The van der Waals surface area contributed by atoms with Crippen LogP contribution in [0, 0.1) is 0 Å². The number of benzene rings is 1. The zero-order valence-electron chi connectivity index (χ0n) is 15.4. The molecule has 0 aliphatic carbocycles. The van der Waals surface area contributed by atoms with E-state index in [1.54, 1.807) is 42.6 Å². The van der Waals surface area contributed by atoms with Gasteiger partial charge in [-0.3, -0.25) is 14.6 Å². The van der Waals surface area contributed by atoms with Crippen LogP contribution in [0.25, 0.3) is 5.76 Å². The standard InChI is InChI=1S/C21H20N2O5/c1-2-9-23-18(14-5-3-4-8-22-14)17(20(25)21(23)26)19(24)13-6-7-15-16(12-13)28-11-10-27-15/h3-8,12,18,24H,2,9-11H2,1H3/b19-17-. The van der Waals surface area contributed by atoms with E-state index in [0.717, 1.165) is 0 Å². The summed E-state index contributed by atoms with van der Waals surface area (Å²) in [5, 5.41) is 11.0. The first kappa shape index (κ1) is 18.0. The Bertz CT molecular complexity index is 955. The first-order valence-corrected chi connectivity index (χ1v) is 9.21. The lowest BCUT2D eigenvalue weighted by atomic mass is 9.98. The highest BCUT2D eigenvalue weighted by Crippen LogP contribution is 2.40. The van der Waals surface area contributed by atoms with Crippen LogP contribution in [0.4, 0.5) is 0 Å². The Hall–Kier alpha value is -3.35. The number of pyridine rings is 1. The number of hydrogen-bond acceptors (Lipinski definition) is 6. The molecule has 2 aliphatic rings. The SMILES string of the molecule is CCCN1C(=O)C(=O)/C(=C(\O)c2ccc3c(c2)OCCO3)C1c1ccccn1. The van der Waals surface area contributed by atoms with Crippen LogP contribution in [0.15, 0.2) is 48.2 Å². The number of likely N-dealkylation sites (tertiary alicyclic amines) is 1. The van der Waals surface area contributed by atoms with Crippen LogP contribution >= 0.6 is 0 Å². The van der Waals surface area contributed by atoms with E-state index < -0.39 is 17.7 Å². The molecule has 1 unspecified atom stereocenters. The zero-order chi connectivity index (χ0) is 19.7. The highest BCUT2D eigenvalue weighted by atomic mass is 16.6. The lowest BCUT2D eigenvalue weighted by Gasteiger charge is -2.24. The van der Waals surface area contributed by atoms with Gasteiger partial charge in [-0.15, -0.1) is 0 Å². The fourth-order valence-corrected chi connectivity index (χ4v) is 3.54. The predicted octanol–water partition coefficient (Wildman–Crippen LogP) is 2.68. The van der Waals surface area contributed by atoms with Gasteiger partial charge in [0.1, 0.15) is 25.0 Å². The number of carbonyl (C=O) groups excluding carboxylic acids is 2. The van der Waals surface area contributed by atoms with Gasteiger partial charge in [0, 0.05) is 18.3 Å². The van der Waals surface area contributed by atoms with E-state index in [1.807, 2.05) is 6.92 Å². The predicted molar refractivity (Wildman–Crippen MR) is 101 cm³/mol. The van der Waals surface area contributed by atoms with E-state index in [1.165, 1.54) is 4.90 Å². The third kappa shape index (κ3) is 2.98. The van der Waals surface area contributed by atoms with E-state index in [4.69, 9.17) is 9.47 Å². The van der Waals surface area contributed by atoms with Crippen molar-refractivity contribution >= 4 is 17.4 Å². The molecule has 1 amide bonds. The minimum Gasteiger partial charge on any atom is -0.507 e. The van der Waals surface area contributed by atoms with Crippen molar-refractivity contribution in [3.63, 3.8) is 0 Å². The van der Waals surface area contributed by atoms with Crippen molar-refractivity contribution in [1.29, 1.82) is 0 Å². The van der Waals surface area contributed by atoms with Gasteiger partial charge in [-0.25, -0.2) is 0 Å². The minimum atomic E-state index is -0.727. The van der Waals surface area contributed by atoms with Crippen molar-refractivity contribution in [2.75, 3.05) is 19.8 Å². The Morgan fingerprint density at radius 2 is 1.96 bits per heavy atom. The third-order valence-electron chi connectivity index (χ3n) is 4.79. The first-order valence-electron chi connectivity index (χ1n) is 9.21. The second kappa shape index (κ2) is 7.34. The Kier molecular flexibility index (Phi) is 4.73. The van der Waals surface area contributed by atoms with Gasteiger partial charge in [-0.05, 0) is 36.8 Å². The molecule has 28 heavy (non-hydrogen) atoms. The van der Waals surface area contributed by atoms with Crippen molar-refractivity contribution in [3.8, 4) is 11.5 Å². The topological polar surface area (TPSA) is 89.0 Å². The van der Waals surface area contributed by atoms with Crippen LogP contribution in [-0.4, -0.2) is 46.4 Å². The second-order valence-corrected chi connectivity index (χ2v) is 6.61. The smallest absolute Gasteiger partial charge is 0.295 e. The molecular weight excluding hydrogens is 360 g/mol. The van der Waals surface area contributed by atoms with Crippen molar-refractivity contribution < 1.29 is 24.2 Å². The lowest BCUT2D eigenvalue weighted by molar-refractivity contribution is -0.139. The minimum absolute atomic E-state index is 0.0360. The van der Waals surface area contributed by atoms with Gasteiger partial charge in [0.15, 0.2) is 11.5 Å². The largest absolute Gasteiger partial charge is 0.507 e. The molecule has 1 N–H and O–H groups in total. The number of hydrogen-bond donors (Lipinski definition) is 1. The number of rotatable bonds is 4. The highest BCUT2D eigenvalue weighted by molar-refractivity contribution is 6.46. The average Bonchev–Trinajstić information content (AvgIpc) is 2.99. The number of amides is 1. The summed E-state index contributed by atoms with van der Waals surface area (Å²) in [6.45, 7) is 3.19. The molecule has 0 bridgehead atoms. The highest BCUT2D eigenvalue weighted by Gasteiger charge is 2.46. The number of aliphatic hydroxyl groups is 1.